The van der Waals surface area contributed by atoms with Crippen molar-refractivity contribution in [2.24, 2.45) is 0 Å². The maximum absolute atomic E-state index is 11.5. The van der Waals surface area contributed by atoms with Crippen molar-refractivity contribution in [2.75, 3.05) is 20.1 Å². The molecule has 2 rings (SSSR count). The molecule has 0 saturated carbocycles. The highest BCUT2D eigenvalue weighted by atomic mass is 16.4. The van der Waals surface area contributed by atoms with Gasteiger partial charge in [-0.1, -0.05) is 18.2 Å². The number of hydrogen-bond acceptors (Lipinski definition) is 5. The summed E-state index contributed by atoms with van der Waals surface area (Å²) in [5, 5.41) is 19.3. The molecule has 0 spiro atoms. The maximum atomic E-state index is 11.5. The fourth-order valence-electron chi connectivity index (χ4n) is 1.86. The van der Waals surface area contributed by atoms with Gasteiger partial charge in [0.1, 0.15) is 6.54 Å². The molecule has 0 unspecified atom stereocenters. The Kier molecular flexibility index (Phi) is 5.21. The van der Waals surface area contributed by atoms with Crippen molar-refractivity contribution >= 4 is 11.9 Å². The number of aromatic nitrogens is 3. The van der Waals surface area contributed by atoms with E-state index in [9.17, 15) is 9.59 Å². The van der Waals surface area contributed by atoms with Gasteiger partial charge < -0.3 is 10.4 Å². The van der Waals surface area contributed by atoms with Gasteiger partial charge in [0.15, 0.2) is 0 Å². The zero-order valence-corrected chi connectivity index (χ0v) is 12.1. The van der Waals surface area contributed by atoms with Gasteiger partial charge in [-0.25, -0.2) is 0 Å². The van der Waals surface area contributed by atoms with Crippen molar-refractivity contribution in [3.05, 3.63) is 42.2 Å². The van der Waals surface area contributed by atoms with Gasteiger partial charge in [0.25, 0.3) is 0 Å². The Morgan fingerprint density at radius 3 is 2.73 bits per heavy atom. The van der Waals surface area contributed by atoms with E-state index in [0.717, 1.165) is 11.4 Å². The number of carboxylic acids is 1. The van der Waals surface area contributed by atoms with Crippen molar-refractivity contribution in [3.8, 4) is 5.69 Å². The number of nitrogens with zero attached hydrogens (tertiary/aromatic N) is 4. The van der Waals surface area contributed by atoms with Gasteiger partial charge in [0.2, 0.25) is 5.91 Å². The topological polar surface area (TPSA) is 100 Å². The minimum absolute atomic E-state index is 0.0888. The number of amides is 1. The first kappa shape index (κ1) is 15.6. The summed E-state index contributed by atoms with van der Waals surface area (Å²) in [5.74, 6) is -1.41. The largest absolute Gasteiger partial charge is 0.480 e. The van der Waals surface area contributed by atoms with Gasteiger partial charge in [-0.2, -0.15) is 15.0 Å². The number of carbonyl (C=O) groups is 2. The molecule has 0 aliphatic rings. The van der Waals surface area contributed by atoms with E-state index in [1.54, 1.807) is 18.1 Å². The van der Waals surface area contributed by atoms with Crippen LogP contribution in [0.5, 0.6) is 0 Å². The highest BCUT2D eigenvalue weighted by Crippen LogP contribution is 2.05. The molecular weight excluding hydrogens is 286 g/mol. The Bertz CT molecular complexity index is 641. The van der Waals surface area contributed by atoms with Crippen molar-refractivity contribution < 1.29 is 14.7 Å². The molecule has 1 amide bonds. The van der Waals surface area contributed by atoms with E-state index in [1.807, 2.05) is 30.3 Å². The molecule has 8 heteroatoms. The van der Waals surface area contributed by atoms with Gasteiger partial charge >= 0.3 is 5.97 Å². The molecule has 8 nitrogen and oxygen atoms in total. The van der Waals surface area contributed by atoms with E-state index in [4.69, 9.17) is 5.11 Å². The smallest absolute Gasteiger partial charge is 0.322 e. The number of benzene rings is 1. The highest BCUT2D eigenvalue weighted by Gasteiger charge is 2.10. The lowest BCUT2D eigenvalue weighted by atomic mass is 10.3. The Morgan fingerprint density at radius 1 is 1.32 bits per heavy atom. The predicted molar refractivity (Wildman–Crippen MR) is 78.3 cm³/mol. The molecule has 1 aromatic carbocycles. The molecular formula is C14H17N5O3. The molecule has 1 heterocycles. The lowest BCUT2D eigenvalue weighted by molar-refractivity contribution is -0.138. The SMILES string of the molecule is CN(CC(=O)NCC(=O)O)Cc1cnn(-c2ccccc2)n1. The lowest BCUT2D eigenvalue weighted by Crippen LogP contribution is -2.37. The molecule has 2 aromatic rings. The molecule has 0 saturated heterocycles. The second-order valence-electron chi connectivity index (χ2n) is 4.80. The summed E-state index contributed by atoms with van der Waals surface area (Å²) in [6.07, 6.45) is 1.64. The quantitative estimate of drug-likeness (QED) is 0.741. The number of nitrogens with one attached hydrogen (secondary N) is 1. The number of hydrogen-bond donors (Lipinski definition) is 2. The van der Waals surface area contributed by atoms with Crippen LogP contribution in [0.3, 0.4) is 0 Å². The summed E-state index contributed by atoms with van der Waals surface area (Å²) < 4.78 is 0. The molecule has 1 aromatic heterocycles. The van der Waals surface area contributed by atoms with Crippen LogP contribution in [0.25, 0.3) is 5.69 Å². The zero-order valence-electron chi connectivity index (χ0n) is 12.1. The molecule has 0 radical (unpaired) electrons. The second kappa shape index (κ2) is 7.32. The number of carbonyl (C=O) groups excluding carboxylic acids is 1. The highest BCUT2D eigenvalue weighted by molar-refractivity contribution is 5.82. The average molecular weight is 303 g/mol. The van der Waals surface area contributed by atoms with E-state index in [0.29, 0.717) is 6.54 Å². The van der Waals surface area contributed by atoms with E-state index in [2.05, 4.69) is 15.5 Å². The summed E-state index contributed by atoms with van der Waals surface area (Å²) >= 11 is 0. The van der Waals surface area contributed by atoms with Crippen LogP contribution in [0.4, 0.5) is 0 Å². The Hall–Kier alpha value is -2.74. The van der Waals surface area contributed by atoms with E-state index in [1.165, 1.54) is 4.80 Å². The van der Waals surface area contributed by atoms with Gasteiger partial charge in [0.05, 0.1) is 24.1 Å². The summed E-state index contributed by atoms with van der Waals surface area (Å²) in [6.45, 7) is 0.148. The second-order valence-corrected chi connectivity index (χ2v) is 4.80. The van der Waals surface area contributed by atoms with Crippen LogP contribution in [0, 0.1) is 0 Å². The fourth-order valence-corrected chi connectivity index (χ4v) is 1.86. The molecule has 0 aliphatic carbocycles. The molecule has 0 fully saturated rings. The maximum Gasteiger partial charge on any atom is 0.322 e. The normalized spacial score (nSPS) is 10.6. The first-order valence-corrected chi connectivity index (χ1v) is 6.68. The zero-order chi connectivity index (χ0) is 15.9. The van der Waals surface area contributed by atoms with Gasteiger partial charge in [-0.3, -0.25) is 14.5 Å². The molecule has 2 N–H and O–H groups in total. The third-order valence-electron chi connectivity index (χ3n) is 2.81. The van der Waals surface area contributed by atoms with E-state index < -0.39 is 5.97 Å². The Morgan fingerprint density at radius 2 is 2.05 bits per heavy atom. The molecule has 0 aliphatic heterocycles. The van der Waals surface area contributed by atoms with E-state index >= 15 is 0 Å². The Balaban J connectivity index is 1.87. The van der Waals surface area contributed by atoms with E-state index in [-0.39, 0.29) is 19.0 Å². The summed E-state index contributed by atoms with van der Waals surface area (Å²) in [6, 6.07) is 9.51. The van der Waals surface area contributed by atoms with Crippen LogP contribution in [0.15, 0.2) is 36.5 Å². The standard InChI is InChI=1S/C14H17N5O3/c1-18(10-13(20)15-8-14(21)22)9-11-7-16-19(17-11)12-5-3-2-4-6-12/h2-7H,8-10H2,1H3,(H,15,20)(H,21,22). The van der Waals surface area contributed by atoms with Crippen molar-refractivity contribution in [1.29, 1.82) is 0 Å². The molecule has 0 atom stereocenters. The van der Waals surface area contributed by atoms with Crippen LogP contribution >= 0.6 is 0 Å². The van der Waals surface area contributed by atoms with Gasteiger partial charge in [-0.05, 0) is 19.2 Å². The van der Waals surface area contributed by atoms with Crippen LogP contribution in [0.2, 0.25) is 0 Å². The van der Waals surface area contributed by atoms with Crippen LogP contribution in [0.1, 0.15) is 5.69 Å². The summed E-state index contributed by atoms with van der Waals surface area (Å²) in [7, 11) is 1.75. The van der Waals surface area contributed by atoms with Crippen LogP contribution in [-0.4, -0.2) is 57.0 Å². The third-order valence-corrected chi connectivity index (χ3v) is 2.81. The number of para-hydroxylation sites is 1. The molecule has 0 bridgehead atoms. The van der Waals surface area contributed by atoms with Crippen molar-refractivity contribution in [3.63, 3.8) is 0 Å². The summed E-state index contributed by atoms with van der Waals surface area (Å²) in [4.78, 5) is 25.1. The number of carboxylic acid groups (broad SMARTS) is 1. The first-order valence-electron chi connectivity index (χ1n) is 6.68. The van der Waals surface area contributed by atoms with Gasteiger partial charge in [-0.15, -0.1) is 0 Å². The fraction of sp³-hybridized carbons (Fsp3) is 0.286. The minimum atomic E-state index is -1.07. The monoisotopic (exact) mass is 303 g/mol. The first-order chi connectivity index (χ1) is 10.5. The van der Waals surface area contributed by atoms with Crippen molar-refractivity contribution in [2.45, 2.75) is 6.54 Å². The Labute approximate surface area is 127 Å². The van der Waals surface area contributed by atoms with Crippen molar-refractivity contribution in [1.82, 2.24) is 25.2 Å². The number of rotatable bonds is 7. The number of aliphatic carboxylic acids is 1. The number of likely N-dealkylation sites (N-methyl/N-ethyl adjacent to an activating group) is 1. The van der Waals surface area contributed by atoms with Crippen LogP contribution in [-0.2, 0) is 16.1 Å². The predicted octanol–water partition coefficient (Wildman–Crippen LogP) is -0.100. The third kappa shape index (κ3) is 4.67. The van der Waals surface area contributed by atoms with Crippen LogP contribution < -0.4 is 5.32 Å². The lowest BCUT2D eigenvalue weighted by Gasteiger charge is -2.13. The summed E-state index contributed by atoms with van der Waals surface area (Å²) in [5.41, 5.74) is 1.58. The van der Waals surface area contributed by atoms with Gasteiger partial charge in [0, 0.05) is 6.54 Å². The average Bonchev–Trinajstić information content (AvgIpc) is 2.94. The minimum Gasteiger partial charge on any atom is -0.480 e. The molecule has 22 heavy (non-hydrogen) atoms. The molecule has 116 valence electrons.